The lowest BCUT2D eigenvalue weighted by atomic mass is 10.0. The fourth-order valence-electron chi connectivity index (χ4n) is 3.50. The van der Waals surface area contributed by atoms with E-state index in [0.717, 1.165) is 36.5 Å². The molecule has 1 saturated heterocycles. The van der Waals surface area contributed by atoms with Crippen LogP contribution in [-0.2, 0) is 0 Å². The molecule has 0 spiro atoms. The van der Waals surface area contributed by atoms with Gasteiger partial charge in [0.1, 0.15) is 0 Å². The number of rotatable bonds is 5. The maximum atomic E-state index is 12.9. The molecule has 138 valence electrons. The highest BCUT2D eigenvalue weighted by Crippen LogP contribution is 2.27. The fraction of sp³-hybridized carbons (Fsp3) is 0.429. The van der Waals surface area contributed by atoms with Crippen molar-refractivity contribution in [3.8, 4) is 0 Å². The first kappa shape index (κ1) is 18.7. The van der Waals surface area contributed by atoms with Crippen LogP contribution in [0, 0.1) is 6.92 Å². The lowest BCUT2D eigenvalue weighted by Gasteiger charge is -2.29. The zero-order valence-corrected chi connectivity index (χ0v) is 16.2. The highest BCUT2D eigenvalue weighted by atomic mass is 35.5. The number of amides is 1. The van der Waals surface area contributed by atoms with Crippen molar-refractivity contribution in [3.63, 3.8) is 0 Å². The van der Waals surface area contributed by atoms with Crippen LogP contribution in [0.2, 0.25) is 5.02 Å². The van der Waals surface area contributed by atoms with Gasteiger partial charge in [-0.05, 0) is 62.4 Å². The van der Waals surface area contributed by atoms with E-state index in [1.807, 2.05) is 44.2 Å². The van der Waals surface area contributed by atoms with Crippen molar-refractivity contribution in [2.75, 3.05) is 18.0 Å². The summed E-state index contributed by atoms with van der Waals surface area (Å²) >= 11 is 6.34. The normalized spacial score (nSPS) is 15.6. The number of nitrogens with one attached hydrogen (secondary N) is 1. The number of hydrogen-bond donors (Lipinski definition) is 1. The van der Waals surface area contributed by atoms with Gasteiger partial charge >= 0.3 is 0 Å². The Morgan fingerprint density at radius 2 is 2.04 bits per heavy atom. The molecule has 5 heteroatoms. The van der Waals surface area contributed by atoms with E-state index in [1.165, 1.54) is 19.3 Å². The molecule has 0 aliphatic carbocycles. The van der Waals surface area contributed by atoms with Gasteiger partial charge in [0.15, 0.2) is 0 Å². The number of anilines is 1. The monoisotopic (exact) mass is 371 g/mol. The van der Waals surface area contributed by atoms with Crippen molar-refractivity contribution in [3.05, 3.63) is 58.4 Å². The number of benzene rings is 1. The Morgan fingerprint density at radius 1 is 1.27 bits per heavy atom. The molecule has 1 aliphatic heterocycles. The molecule has 0 bridgehead atoms. The molecule has 2 heterocycles. The summed E-state index contributed by atoms with van der Waals surface area (Å²) in [5.41, 5.74) is 3.59. The molecule has 1 atom stereocenters. The molecule has 2 aromatic rings. The second-order valence-electron chi connectivity index (χ2n) is 6.85. The van der Waals surface area contributed by atoms with E-state index in [2.05, 4.69) is 15.2 Å². The van der Waals surface area contributed by atoms with Crippen LogP contribution >= 0.6 is 11.6 Å². The predicted octanol–water partition coefficient (Wildman–Crippen LogP) is 4.91. The quantitative estimate of drug-likeness (QED) is 0.811. The predicted molar refractivity (Wildman–Crippen MR) is 107 cm³/mol. The first-order valence-electron chi connectivity index (χ1n) is 9.37. The topological polar surface area (TPSA) is 45.2 Å². The van der Waals surface area contributed by atoms with Gasteiger partial charge in [-0.25, -0.2) is 0 Å². The molecule has 4 nitrogen and oxygen atoms in total. The van der Waals surface area contributed by atoms with Crippen molar-refractivity contribution in [1.29, 1.82) is 0 Å². The number of aryl methyl sites for hydroxylation is 1. The van der Waals surface area contributed by atoms with Gasteiger partial charge in [0.2, 0.25) is 0 Å². The van der Waals surface area contributed by atoms with Gasteiger partial charge in [-0.15, -0.1) is 0 Å². The average molecular weight is 372 g/mol. The van der Waals surface area contributed by atoms with E-state index in [-0.39, 0.29) is 11.9 Å². The van der Waals surface area contributed by atoms with Crippen LogP contribution in [0.5, 0.6) is 0 Å². The summed E-state index contributed by atoms with van der Waals surface area (Å²) in [6.45, 7) is 6.13. The Balaban J connectivity index is 1.81. The summed E-state index contributed by atoms with van der Waals surface area (Å²) in [4.78, 5) is 19.7. The van der Waals surface area contributed by atoms with Crippen molar-refractivity contribution >= 4 is 23.2 Å². The molecule has 0 saturated carbocycles. The molecule has 26 heavy (non-hydrogen) atoms. The number of aromatic nitrogens is 1. The van der Waals surface area contributed by atoms with Gasteiger partial charge < -0.3 is 10.2 Å². The van der Waals surface area contributed by atoms with Crippen molar-refractivity contribution in [1.82, 2.24) is 10.3 Å². The Labute approximate surface area is 160 Å². The largest absolute Gasteiger partial charge is 0.372 e. The van der Waals surface area contributed by atoms with Crippen molar-refractivity contribution in [2.45, 2.75) is 45.6 Å². The van der Waals surface area contributed by atoms with Crippen LogP contribution in [0.25, 0.3) is 0 Å². The van der Waals surface area contributed by atoms with Crippen LogP contribution in [0.4, 0.5) is 5.69 Å². The van der Waals surface area contributed by atoms with Gasteiger partial charge in [-0.2, -0.15) is 0 Å². The minimum Gasteiger partial charge on any atom is -0.372 e. The summed E-state index contributed by atoms with van der Waals surface area (Å²) in [7, 11) is 0. The molecule has 1 amide bonds. The number of nitrogens with zero attached hydrogens (tertiary/aromatic N) is 2. The Kier molecular flexibility index (Phi) is 6.15. The van der Waals surface area contributed by atoms with Gasteiger partial charge in [-0.3, -0.25) is 9.78 Å². The van der Waals surface area contributed by atoms with Crippen LogP contribution in [0.15, 0.2) is 36.5 Å². The number of carbonyl (C=O) groups excluding carboxylic acids is 1. The number of hydrogen-bond acceptors (Lipinski definition) is 3. The van der Waals surface area contributed by atoms with Gasteiger partial charge in [-0.1, -0.05) is 24.6 Å². The molecule has 0 unspecified atom stereocenters. The van der Waals surface area contributed by atoms with Crippen molar-refractivity contribution < 1.29 is 4.79 Å². The lowest BCUT2D eigenvalue weighted by molar-refractivity contribution is 0.0934. The van der Waals surface area contributed by atoms with Gasteiger partial charge in [0.05, 0.1) is 22.3 Å². The molecule has 1 aromatic carbocycles. The molecule has 1 N–H and O–H groups in total. The third-order valence-corrected chi connectivity index (χ3v) is 5.34. The van der Waals surface area contributed by atoms with Crippen LogP contribution < -0.4 is 10.2 Å². The summed E-state index contributed by atoms with van der Waals surface area (Å²) in [5, 5.41) is 3.59. The second kappa shape index (κ2) is 8.54. The molecule has 3 rings (SSSR count). The van der Waals surface area contributed by atoms with Crippen molar-refractivity contribution in [2.24, 2.45) is 0 Å². The average Bonchev–Trinajstić information content (AvgIpc) is 2.67. The Morgan fingerprint density at radius 3 is 2.73 bits per heavy atom. The van der Waals surface area contributed by atoms with Gasteiger partial charge in [0, 0.05) is 25.0 Å². The minimum atomic E-state index is -0.147. The maximum absolute atomic E-state index is 12.9. The molecule has 0 radical (unpaired) electrons. The van der Waals surface area contributed by atoms with E-state index >= 15 is 0 Å². The highest BCUT2D eigenvalue weighted by molar-refractivity contribution is 6.34. The van der Waals surface area contributed by atoms with Crippen LogP contribution in [0.1, 0.15) is 60.3 Å². The standard InChI is InChI=1S/C21H26ClN3O/c1-3-19(20-15(2)8-7-11-23-20)24-21(26)17-14-16(9-10-18(17)22)25-12-5-4-6-13-25/h7-11,14,19H,3-6,12-13H2,1-2H3,(H,24,26)/t19-/m1/s1. The molecule has 1 aliphatic rings. The van der Waals surface area contributed by atoms with E-state index in [9.17, 15) is 4.79 Å². The molecular formula is C21H26ClN3O. The number of carbonyl (C=O) groups is 1. The molecule has 1 aromatic heterocycles. The molecular weight excluding hydrogens is 346 g/mol. The maximum Gasteiger partial charge on any atom is 0.253 e. The zero-order valence-electron chi connectivity index (χ0n) is 15.5. The SMILES string of the molecule is CC[C@@H](NC(=O)c1cc(N2CCCCC2)ccc1Cl)c1ncccc1C. The van der Waals surface area contributed by atoms with Crippen LogP contribution in [-0.4, -0.2) is 24.0 Å². The second-order valence-corrected chi connectivity index (χ2v) is 7.26. The summed E-state index contributed by atoms with van der Waals surface area (Å²) in [5.74, 6) is -0.147. The van der Waals surface area contributed by atoms with Gasteiger partial charge in [0.25, 0.3) is 5.91 Å². The third kappa shape index (κ3) is 4.18. The van der Waals surface area contributed by atoms with E-state index in [1.54, 1.807) is 6.20 Å². The van der Waals surface area contributed by atoms with E-state index in [0.29, 0.717) is 10.6 Å². The van der Waals surface area contributed by atoms with E-state index in [4.69, 9.17) is 11.6 Å². The Hall–Kier alpha value is -2.07. The third-order valence-electron chi connectivity index (χ3n) is 5.01. The smallest absolute Gasteiger partial charge is 0.253 e. The number of pyridine rings is 1. The first-order chi connectivity index (χ1) is 12.6. The first-order valence-corrected chi connectivity index (χ1v) is 9.75. The number of piperidine rings is 1. The van der Waals surface area contributed by atoms with E-state index < -0.39 is 0 Å². The van der Waals surface area contributed by atoms with Crippen LogP contribution in [0.3, 0.4) is 0 Å². The minimum absolute atomic E-state index is 0.126. The Bertz CT molecular complexity index is 772. The fourth-order valence-corrected chi connectivity index (χ4v) is 3.70. The zero-order chi connectivity index (χ0) is 18.5. The summed E-state index contributed by atoms with van der Waals surface area (Å²) in [6, 6.07) is 9.55. The summed E-state index contributed by atoms with van der Waals surface area (Å²) < 4.78 is 0. The molecule has 1 fully saturated rings. The number of halogens is 1. The highest BCUT2D eigenvalue weighted by Gasteiger charge is 2.20. The summed E-state index contributed by atoms with van der Waals surface area (Å²) in [6.07, 6.45) is 6.20. The lowest BCUT2D eigenvalue weighted by Crippen LogP contribution is -2.31.